The summed E-state index contributed by atoms with van der Waals surface area (Å²) in [6, 6.07) is 1.81. The predicted octanol–water partition coefficient (Wildman–Crippen LogP) is 1.27. The monoisotopic (exact) mass is 209 g/mol. The predicted molar refractivity (Wildman–Crippen MR) is 54.1 cm³/mol. The molecule has 2 aromatic heterocycles. The fraction of sp³-hybridized carbons (Fsp3) is 0.333. The third-order valence-corrected chi connectivity index (χ3v) is 3.03. The Bertz CT molecular complexity index is 435. The van der Waals surface area contributed by atoms with Crippen LogP contribution in [0, 0.1) is 6.92 Å². The summed E-state index contributed by atoms with van der Waals surface area (Å²) < 4.78 is 1.68. The molecule has 0 spiro atoms. The van der Waals surface area contributed by atoms with Crippen molar-refractivity contribution >= 4 is 11.3 Å². The third-order valence-electron chi connectivity index (χ3n) is 2.05. The molecule has 74 valence electrons. The van der Waals surface area contributed by atoms with Crippen molar-refractivity contribution in [2.24, 2.45) is 7.05 Å². The van der Waals surface area contributed by atoms with Gasteiger partial charge in [-0.25, -0.2) is 4.98 Å². The number of nitrogens with zero attached hydrogens (tertiary/aromatic N) is 3. The number of hydrogen-bond donors (Lipinski definition) is 1. The molecule has 1 atom stereocenters. The number of rotatable bonds is 2. The van der Waals surface area contributed by atoms with Gasteiger partial charge in [0.25, 0.3) is 0 Å². The van der Waals surface area contributed by atoms with Crippen LogP contribution in [0.15, 0.2) is 17.8 Å². The van der Waals surface area contributed by atoms with Crippen molar-refractivity contribution in [3.05, 3.63) is 34.0 Å². The maximum absolute atomic E-state index is 9.97. The van der Waals surface area contributed by atoms with Gasteiger partial charge in [0.1, 0.15) is 6.10 Å². The van der Waals surface area contributed by atoms with Crippen LogP contribution in [0.1, 0.15) is 22.4 Å². The Hall–Kier alpha value is -1.20. The molecule has 0 bridgehead atoms. The van der Waals surface area contributed by atoms with Crippen LogP contribution in [-0.4, -0.2) is 19.9 Å². The number of aromatic nitrogens is 3. The lowest BCUT2D eigenvalue weighted by molar-refractivity contribution is 0.217. The van der Waals surface area contributed by atoms with Crippen molar-refractivity contribution in [1.29, 1.82) is 0 Å². The second-order valence-corrected chi connectivity index (χ2v) is 4.01. The van der Waals surface area contributed by atoms with Gasteiger partial charge in [-0.2, -0.15) is 5.10 Å². The second kappa shape index (κ2) is 3.51. The summed E-state index contributed by atoms with van der Waals surface area (Å²) in [5, 5.41) is 14.1. The summed E-state index contributed by atoms with van der Waals surface area (Å²) in [5.74, 6) is 0. The van der Waals surface area contributed by atoms with Crippen molar-refractivity contribution in [2.45, 2.75) is 13.0 Å². The zero-order valence-electron chi connectivity index (χ0n) is 8.01. The SMILES string of the molecule is Cc1ncsc1C(O)c1ccn(C)n1. The minimum Gasteiger partial charge on any atom is -0.381 e. The van der Waals surface area contributed by atoms with Gasteiger partial charge in [-0.1, -0.05) is 0 Å². The number of hydrogen-bond acceptors (Lipinski definition) is 4. The highest BCUT2D eigenvalue weighted by Crippen LogP contribution is 2.26. The minimum absolute atomic E-state index is 0.649. The fourth-order valence-electron chi connectivity index (χ4n) is 1.29. The molecule has 14 heavy (non-hydrogen) atoms. The van der Waals surface area contributed by atoms with E-state index in [1.165, 1.54) is 11.3 Å². The van der Waals surface area contributed by atoms with E-state index in [0.717, 1.165) is 10.6 Å². The normalized spacial score (nSPS) is 13.1. The van der Waals surface area contributed by atoms with E-state index in [4.69, 9.17) is 0 Å². The van der Waals surface area contributed by atoms with Crippen molar-refractivity contribution < 1.29 is 5.11 Å². The highest BCUT2D eigenvalue weighted by Gasteiger charge is 2.17. The first-order chi connectivity index (χ1) is 6.68. The number of aliphatic hydroxyl groups is 1. The molecule has 2 heterocycles. The van der Waals surface area contributed by atoms with E-state index in [1.54, 1.807) is 10.2 Å². The van der Waals surface area contributed by atoms with E-state index in [2.05, 4.69) is 10.1 Å². The molecule has 5 heteroatoms. The smallest absolute Gasteiger partial charge is 0.134 e. The van der Waals surface area contributed by atoms with Crippen molar-refractivity contribution in [2.75, 3.05) is 0 Å². The Kier molecular flexibility index (Phi) is 2.35. The summed E-state index contributed by atoms with van der Waals surface area (Å²) in [6.45, 7) is 1.89. The highest BCUT2D eigenvalue weighted by molar-refractivity contribution is 7.09. The maximum Gasteiger partial charge on any atom is 0.134 e. The zero-order valence-corrected chi connectivity index (χ0v) is 8.82. The summed E-state index contributed by atoms with van der Waals surface area (Å²) in [5.41, 5.74) is 3.27. The fourth-order valence-corrected chi connectivity index (χ4v) is 2.08. The van der Waals surface area contributed by atoms with Crippen molar-refractivity contribution in [3.8, 4) is 0 Å². The molecule has 0 aliphatic rings. The molecular formula is C9H11N3OS. The van der Waals surface area contributed by atoms with Gasteiger partial charge in [0.2, 0.25) is 0 Å². The van der Waals surface area contributed by atoms with Gasteiger partial charge >= 0.3 is 0 Å². The van der Waals surface area contributed by atoms with Gasteiger partial charge in [0.15, 0.2) is 0 Å². The molecule has 1 N–H and O–H groups in total. The lowest BCUT2D eigenvalue weighted by atomic mass is 10.2. The standard InChI is InChI=1S/C9H11N3OS/c1-6-9(14-5-10-6)8(13)7-3-4-12(2)11-7/h3-5,8,13H,1-2H3. The average molecular weight is 209 g/mol. The second-order valence-electron chi connectivity index (χ2n) is 3.12. The molecule has 0 fully saturated rings. The van der Waals surface area contributed by atoms with E-state index >= 15 is 0 Å². The Balaban J connectivity index is 2.33. The molecule has 0 aromatic carbocycles. The van der Waals surface area contributed by atoms with E-state index in [-0.39, 0.29) is 0 Å². The summed E-state index contributed by atoms with van der Waals surface area (Å²) in [4.78, 5) is 4.96. The van der Waals surface area contributed by atoms with Crippen LogP contribution in [0.4, 0.5) is 0 Å². The molecule has 2 aromatic rings. The molecule has 4 nitrogen and oxygen atoms in total. The minimum atomic E-state index is -0.649. The molecular weight excluding hydrogens is 198 g/mol. The van der Waals surface area contributed by atoms with E-state index in [1.807, 2.05) is 26.2 Å². The van der Waals surface area contributed by atoms with Gasteiger partial charge in [0.05, 0.1) is 21.8 Å². The van der Waals surface area contributed by atoms with Crippen LogP contribution >= 0.6 is 11.3 Å². The third kappa shape index (κ3) is 1.56. The molecule has 2 rings (SSSR count). The van der Waals surface area contributed by atoms with Crippen molar-refractivity contribution in [1.82, 2.24) is 14.8 Å². The molecule has 0 aliphatic carbocycles. The summed E-state index contributed by atoms with van der Waals surface area (Å²) >= 11 is 1.45. The van der Waals surface area contributed by atoms with Crippen LogP contribution < -0.4 is 0 Å². The topological polar surface area (TPSA) is 50.9 Å². The van der Waals surface area contributed by atoms with Gasteiger partial charge in [0, 0.05) is 13.2 Å². The largest absolute Gasteiger partial charge is 0.381 e. The first-order valence-corrected chi connectivity index (χ1v) is 5.14. The van der Waals surface area contributed by atoms with Crippen LogP contribution in [0.3, 0.4) is 0 Å². The van der Waals surface area contributed by atoms with Gasteiger partial charge < -0.3 is 5.11 Å². The van der Waals surface area contributed by atoms with Crippen molar-refractivity contribution in [3.63, 3.8) is 0 Å². The zero-order chi connectivity index (χ0) is 10.1. The summed E-state index contributed by atoms with van der Waals surface area (Å²) in [7, 11) is 1.83. The summed E-state index contributed by atoms with van der Waals surface area (Å²) in [6.07, 6.45) is 1.17. The molecule has 0 aliphatic heterocycles. The van der Waals surface area contributed by atoms with Crippen LogP contribution in [0.25, 0.3) is 0 Å². The highest BCUT2D eigenvalue weighted by atomic mass is 32.1. The van der Waals surface area contributed by atoms with E-state index < -0.39 is 6.10 Å². The first-order valence-electron chi connectivity index (χ1n) is 4.26. The molecule has 1 unspecified atom stereocenters. The first kappa shape index (κ1) is 9.36. The number of aryl methyl sites for hydroxylation is 2. The van der Waals surface area contributed by atoms with E-state index in [0.29, 0.717) is 5.69 Å². The number of aliphatic hydroxyl groups excluding tert-OH is 1. The molecule has 0 saturated heterocycles. The van der Waals surface area contributed by atoms with Crippen LogP contribution in [0.2, 0.25) is 0 Å². The molecule has 0 radical (unpaired) electrons. The lowest BCUT2D eigenvalue weighted by Gasteiger charge is -2.05. The average Bonchev–Trinajstić information content (AvgIpc) is 2.73. The Morgan fingerprint density at radius 1 is 1.57 bits per heavy atom. The van der Waals surface area contributed by atoms with E-state index in [9.17, 15) is 5.11 Å². The number of thiazole rings is 1. The molecule has 0 saturated carbocycles. The Labute approximate surface area is 85.8 Å². The molecule has 0 amide bonds. The quantitative estimate of drug-likeness (QED) is 0.810. The van der Waals surface area contributed by atoms with Crippen LogP contribution in [-0.2, 0) is 7.05 Å². The van der Waals surface area contributed by atoms with Gasteiger partial charge in [-0.15, -0.1) is 11.3 Å². The van der Waals surface area contributed by atoms with Gasteiger partial charge in [-0.3, -0.25) is 4.68 Å². The lowest BCUT2D eigenvalue weighted by Crippen LogP contribution is -2.01. The Morgan fingerprint density at radius 2 is 2.36 bits per heavy atom. The Morgan fingerprint density at radius 3 is 2.86 bits per heavy atom. The van der Waals surface area contributed by atoms with Crippen LogP contribution in [0.5, 0.6) is 0 Å². The van der Waals surface area contributed by atoms with Gasteiger partial charge in [-0.05, 0) is 13.0 Å². The maximum atomic E-state index is 9.97.